The second-order valence-electron chi connectivity index (χ2n) is 8.66. The molecule has 2 unspecified atom stereocenters. The Balaban J connectivity index is 3.72. The van der Waals surface area contributed by atoms with E-state index < -0.39 is 77.8 Å². The van der Waals surface area contributed by atoms with Gasteiger partial charge < -0.3 is 23.7 Å². The molecule has 202 valence electrons. The number of hydrogen-bond donors (Lipinski definition) is 0. The lowest BCUT2D eigenvalue weighted by molar-refractivity contribution is -0.535. The molecule has 1 aliphatic carbocycles. The zero-order chi connectivity index (χ0) is 27.7. The molecule has 13 heteroatoms. The van der Waals surface area contributed by atoms with Crippen LogP contribution in [-0.2, 0) is 47.7 Å². The molecule has 0 bridgehead atoms. The van der Waals surface area contributed by atoms with E-state index in [1.54, 1.807) is 13.8 Å². The maximum absolute atomic E-state index is 12.1. The fourth-order valence-electron chi connectivity index (χ4n) is 4.13. The summed E-state index contributed by atoms with van der Waals surface area (Å²) in [5, 5.41) is 12.0. The quantitative estimate of drug-likeness (QED) is 0.128. The summed E-state index contributed by atoms with van der Waals surface area (Å²) in [6.07, 6.45) is -6.10. The molecule has 0 N–H and O–H groups in total. The van der Waals surface area contributed by atoms with Gasteiger partial charge in [0.15, 0.2) is 24.4 Å². The molecule has 0 aromatic carbocycles. The minimum Gasteiger partial charge on any atom is -0.462 e. The van der Waals surface area contributed by atoms with Crippen molar-refractivity contribution in [3.05, 3.63) is 21.3 Å². The van der Waals surface area contributed by atoms with Crippen LogP contribution in [0.15, 0.2) is 11.1 Å². The summed E-state index contributed by atoms with van der Waals surface area (Å²) in [5.41, 5.74) is 1.61. The van der Waals surface area contributed by atoms with Crippen molar-refractivity contribution < 1.29 is 52.6 Å². The van der Waals surface area contributed by atoms with Crippen LogP contribution in [0.1, 0.15) is 61.3 Å². The summed E-state index contributed by atoms with van der Waals surface area (Å²) in [7, 11) is 0. The highest BCUT2D eigenvalue weighted by atomic mass is 16.6. The van der Waals surface area contributed by atoms with Gasteiger partial charge in [0.2, 0.25) is 6.04 Å². The van der Waals surface area contributed by atoms with Gasteiger partial charge in [-0.05, 0) is 20.3 Å². The first-order valence-corrected chi connectivity index (χ1v) is 11.2. The molecule has 0 spiro atoms. The summed E-state index contributed by atoms with van der Waals surface area (Å²) in [6, 6.07) is -1.23. The summed E-state index contributed by atoms with van der Waals surface area (Å²) in [4.78, 5) is 71.0. The highest BCUT2D eigenvalue weighted by Gasteiger charge is 2.52. The number of nitrogens with zero attached hydrogens (tertiary/aromatic N) is 1. The maximum Gasteiger partial charge on any atom is 0.303 e. The van der Waals surface area contributed by atoms with Crippen molar-refractivity contribution in [2.75, 3.05) is 6.61 Å². The topological polar surface area (TPSA) is 175 Å². The normalized spacial score (nSPS) is 20.8. The van der Waals surface area contributed by atoms with Crippen molar-refractivity contribution in [3.8, 4) is 0 Å². The van der Waals surface area contributed by atoms with Gasteiger partial charge in [0.25, 0.3) is 0 Å². The molecule has 0 saturated carbocycles. The highest BCUT2D eigenvalue weighted by Crippen LogP contribution is 2.37. The van der Waals surface area contributed by atoms with E-state index in [-0.39, 0.29) is 12.8 Å². The molecular formula is C23H33NO12. The molecule has 0 amide bonds. The predicted octanol–water partition coefficient (Wildman–Crippen LogP) is 1.67. The van der Waals surface area contributed by atoms with E-state index in [1.807, 2.05) is 0 Å². The lowest BCUT2D eigenvalue weighted by Gasteiger charge is -2.40. The zero-order valence-corrected chi connectivity index (χ0v) is 21.4. The smallest absolute Gasteiger partial charge is 0.303 e. The van der Waals surface area contributed by atoms with Crippen LogP contribution in [-0.4, -0.2) is 71.8 Å². The van der Waals surface area contributed by atoms with Crippen molar-refractivity contribution >= 4 is 29.8 Å². The van der Waals surface area contributed by atoms with Crippen molar-refractivity contribution in [1.29, 1.82) is 0 Å². The molecule has 0 aromatic heterocycles. The van der Waals surface area contributed by atoms with Crippen LogP contribution < -0.4 is 0 Å². The van der Waals surface area contributed by atoms with Gasteiger partial charge >= 0.3 is 29.8 Å². The molecule has 1 rings (SSSR count). The molecule has 36 heavy (non-hydrogen) atoms. The SMILES string of the molecule is CC(=O)OC[C@@H](OC(C)=O)[C@H](OC(C)=O)[C@H](OC(C)=O)[C@@H](OC(C)=O)C1CC(C)=C(C)CC1[N+](=O)[O-]. The maximum atomic E-state index is 12.1. The van der Waals surface area contributed by atoms with E-state index in [0.29, 0.717) is 0 Å². The molecule has 0 aliphatic heterocycles. The van der Waals surface area contributed by atoms with E-state index in [2.05, 4.69) is 0 Å². The van der Waals surface area contributed by atoms with Crippen molar-refractivity contribution in [2.45, 2.75) is 91.8 Å². The van der Waals surface area contributed by atoms with E-state index in [1.165, 1.54) is 0 Å². The van der Waals surface area contributed by atoms with Crippen LogP contribution in [0.5, 0.6) is 0 Å². The highest BCUT2D eigenvalue weighted by molar-refractivity contribution is 5.69. The molecule has 0 saturated heterocycles. The Bertz CT molecular complexity index is 911. The van der Waals surface area contributed by atoms with E-state index in [0.717, 1.165) is 45.8 Å². The summed E-state index contributed by atoms with van der Waals surface area (Å²) in [5.74, 6) is -5.20. The minimum atomic E-state index is -1.64. The van der Waals surface area contributed by atoms with Gasteiger partial charge in [-0.1, -0.05) is 11.1 Å². The monoisotopic (exact) mass is 515 g/mol. The van der Waals surface area contributed by atoms with Crippen LogP contribution in [0.4, 0.5) is 0 Å². The fourth-order valence-corrected chi connectivity index (χ4v) is 4.13. The van der Waals surface area contributed by atoms with Crippen LogP contribution in [0.3, 0.4) is 0 Å². The number of ether oxygens (including phenoxy) is 5. The number of rotatable bonds is 11. The fraction of sp³-hybridized carbons (Fsp3) is 0.696. The van der Waals surface area contributed by atoms with Gasteiger partial charge in [-0.25, -0.2) is 0 Å². The average Bonchev–Trinajstić information content (AvgIpc) is 2.72. The zero-order valence-electron chi connectivity index (χ0n) is 21.4. The number of carbonyl (C=O) groups excluding carboxylic acids is 5. The third kappa shape index (κ3) is 9.27. The first-order valence-electron chi connectivity index (χ1n) is 11.2. The molecule has 6 atom stereocenters. The van der Waals surface area contributed by atoms with Crippen LogP contribution >= 0.6 is 0 Å². The number of hydrogen-bond acceptors (Lipinski definition) is 12. The van der Waals surface area contributed by atoms with E-state index >= 15 is 0 Å². The van der Waals surface area contributed by atoms with Gasteiger partial charge in [-0.15, -0.1) is 0 Å². The Kier molecular flexibility index (Phi) is 11.5. The molecule has 0 radical (unpaired) electrons. The summed E-state index contributed by atoms with van der Waals surface area (Å²) < 4.78 is 26.4. The Morgan fingerprint density at radius 2 is 1.25 bits per heavy atom. The predicted molar refractivity (Wildman–Crippen MR) is 121 cm³/mol. The minimum absolute atomic E-state index is 0.0487. The Morgan fingerprint density at radius 1 is 0.778 bits per heavy atom. The van der Waals surface area contributed by atoms with Gasteiger partial charge in [0, 0.05) is 46.0 Å². The molecule has 0 fully saturated rings. The molecule has 13 nitrogen and oxygen atoms in total. The van der Waals surface area contributed by atoms with E-state index in [4.69, 9.17) is 23.7 Å². The third-order valence-electron chi connectivity index (χ3n) is 5.66. The van der Waals surface area contributed by atoms with Crippen LogP contribution in [0, 0.1) is 16.0 Å². The Hall–Kier alpha value is -3.51. The number of carbonyl (C=O) groups is 5. The van der Waals surface area contributed by atoms with Gasteiger partial charge in [-0.3, -0.25) is 34.1 Å². The van der Waals surface area contributed by atoms with Gasteiger partial charge in [0.1, 0.15) is 6.61 Å². The van der Waals surface area contributed by atoms with Crippen LogP contribution in [0.2, 0.25) is 0 Å². The molecule has 0 aromatic rings. The standard InChI is InChI=1S/C23H33NO12/c1-11-8-18(19(24(30)31)9-12(11)2)21(34-15(5)27)23(36-17(7)29)22(35-16(6)28)20(33-14(4)26)10-32-13(3)25/h18-23H,8-10H2,1-7H3/t18?,19?,20-,21+,22+,23-/m1/s1. The third-order valence-corrected chi connectivity index (χ3v) is 5.66. The summed E-state index contributed by atoms with van der Waals surface area (Å²) in [6.45, 7) is 8.22. The van der Waals surface area contributed by atoms with Gasteiger partial charge in [-0.2, -0.15) is 0 Å². The average molecular weight is 516 g/mol. The van der Waals surface area contributed by atoms with Crippen LogP contribution in [0.25, 0.3) is 0 Å². The second kappa shape index (κ2) is 13.5. The van der Waals surface area contributed by atoms with Gasteiger partial charge in [0.05, 0.1) is 5.92 Å². The summed E-state index contributed by atoms with van der Waals surface area (Å²) >= 11 is 0. The first kappa shape index (κ1) is 30.5. The largest absolute Gasteiger partial charge is 0.462 e. The number of allylic oxidation sites excluding steroid dienone is 1. The lowest BCUT2D eigenvalue weighted by Crippen LogP contribution is -2.57. The Labute approximate surface area is 208 Å². The molecular weight excluding hydrogens is 482 g/mol. The Morgan fingerprint density at radius 3 is 1.69 bits per heavy atom. The first-order chi connectivity index (χ1) is 16.6. The molecule has 0 heterocycles. The van der Waals surface area contributed by atoms with Crippen molar-refractivity contribution in [1.82, 2.24) is 0 Å². The molecule has 1 aliphatic rings. The number of nitro groups is 1. The lowest BCUT2D eigenvalue weighted by atomic mass is 9.76. The van der Waals surface area contributed by atoms with E-state index in [9.17, 15) is 34.1 Å². The second-order valence-corrected chi connectivity index (χ2v) is 8.66. The number of esters is 5. The van der Waals surface area contributed by atoms with Crippen molar-refractivity contribution in [3.63, 3.8) is 0 Å². The van der Waals surface area contributed by atoms with Crippen molar-refractivity contribution in [2.24, 2.45) is 5.92 Å².